The highest BCUT2D eigenvalue weighted by atomic mass is 16.5. The van der Waals surface area contributed by atoms with Crippen LogP contribution in [-0.4, -0.2) is 25.8 Å². The maximum atomic E-state index is 12.0. The molecule has 0 bridgehead atoms. The van der Waals surface area contributed by atoms with Crippen molar-refractivity contribution in [3.63, 3.8) is 0 Å². The lowest BCUT2D eigenvalue weighted by Crippen LogP contribution is -2.21. The van der Waals surface area contributed by atoms with Crippen molar-refractivity contribution in [2.45, 2.75) is 19.8 Å². The Labute approximate surface area is 142 Å². The molecule has 0 aliphatic heterocycles. The molecule has 5 heteroatoms. The van der Waals surface area contributed by atoms with E-state index in [2.05, 4.69) is 10.5 Å². The predicted octanol–water partition coefficient (Wildman–Crippen LogP) is 3.18. The van der Waals surface area contributed by atoms with E-state index in [4.69, 9.17) is 9.47 Å². The van der Waals surface area contributed by atoms with Gasteiger partial charge in [-0.3, -0.25) is 4.79 Å². The first-order valence-corrected chi connectivity index (χ1v) is 7.79. The molecular formula is C19H22N2O3. The van der Waals surface area contributed by atoms with Crippen LogP contribution in [0.1, 0.15) is 24.5 Å². The highest BCUT2D eigenvalue weighted by Gasteiger charge is 2.09. The number of benzene rings is 2. The van der Waals surface area contributed by atoms with Gasteiger partial charge in [0.2, 0.25) is 5.91 Å². The molecule has 0 atom stereocenters. The van der Waals surface area contributed by atoms with Gasteiger partial charge in [0.1, 0.15) is 0 Å². The number of amides is 1. The fraction of sp³-hybridized carbons (Fsp3) is 0.263. The van der Waals surface area contributed by atoms with Gasteiger partial charge < -0.3 is 9.47 Å². The summed E-state index contributed by atoms with van der Waals surface area (Å²) in [6.45, 7) is 1.99. The van der Waals surface area contributed by atoms with Crippen LogP contribution in [0.4, 0.5) is 0 Å². The van der Waals surface area contributed by atoms with Gasteiger partial charge in [-0.15, -0.1) is 0 Å². The van der Waals surface area contributed by atoms with Crippen LogP contribution < -0.4 is 14.9 Å². The van der Waals surface area contributed by atoms with Gasteiger partial charge in [-0.2, -0.15) is 5.10 Å². The quantitative estimate of drug-likeness (QED) is 0.628. The van der Waals surface area contributed by atoms with E-state index in [-0.39, 0.29) is 5.91 Å². The zero-order chi connectivity index (χ0) is 17.4. The van der Waals surface area contributed by atoms with E-state index in [1.165, 1.54) is 0 Å². The summed E-state index contributed by atoms with van der Waals surface area (Å²) >= 11 is 0. The van der Waals surface area contributed by atoms with Crippen LogP contribution in [0.15, 0.2) is 53.6 Å². The fourth-order valence-electron chi connectivity index (χ4n) is 2.31. The van der Waals surface area contributed by atoms with Crippen molar-refractivity contribution < 1.29 is 14.3 Å². The Bertz CT molecular complexity index is 712. The number of nitrogens with one attached hydrogen (secondary N) is 1. The molecule has 0 unspecified atom stereocenters. The van der Waals surface area contributed by atoms with Gasteiger partial charge in [0.05, 0.1) is 26.4 Å². The summed E-state index contributed by atoms with van der Waals surface area (Å²) in [4.78, 5) is 12.0. The minimum atomic E-state index is -0.146. The van der Waals surface area contributed by atoms with Crippen LogP contribution in [0.5, 0.6) is 11.5 Å². The molecule has 24 heavy (non-hydrogen) atoms. The average Bonchev–Trinajstić information content (AvgIpc) is 2.62. The molecule has 1 amide bonds. The Morgan fingerprint density at radius 1 is 1.04 bits per heavy atom. The maximum absolute atomic E-state index is 12.0. The van der Waals surface area contributed by atoms with Crippen LogP contribution in [0.2, 0.25) is 0 Å². The summed E-state index contributed by atoms with van der Waals surface area (Å²) in [6, 6.07) is 15.1. The third-order valence-electron chi connectivity index (χ3n) is 3.57. The van der Waals surface area contributed by atoms with Gasteiger partial charge in [-0.1, -0.05) is 37.3 Å². The molecule has 2 aromatic carbocycles. The first-order chi connectivity index (χ1) is 11.7. The summed E-state index contributed by atoms with van der Waals surface area (Å²) in [5, 5.41) is 4.26. The lowest BCUT2D eigenvalue weighted by atomic mass is 10.1. The van der Waals surface area contributed by atoms with E-state index in [0.29, 0.717) is 24.3 Å². The highest BCUT2D eigenvalue weighted by Crippen LogP contribution is 2.28. The molecule has 0 heterocycles. The summed E-state index contributed by atoms with van der Waals surface area (Å²) in [6.07, 6.45) is 0.981. The molecule has 2 aromatic rings. The molecule has 2 rings (SSSR count). The molecule has 0 aliphatic carbocycles. The average molecular weight is 326 g/mol. The normalized spacial score (nSPS) is 11.0. The number of ether oxygens (including phenoxy) is 2. The van der Waals surface area contributed by atoms with Crippen molar-refractivity contribution in [2.75, 3.05) is 14.2 Å². The molecular weight excluding hydrogens is 304 g/mol. The maximum Gasteiger partial charge on any atom is 0.244 e. The van der Waals surface area contributed by atoms with Gasteiger partial charge in [-0.05, 0) is 30.2 Å². The molecule has 0 aromatic heterocycles. The highest BCUT2D eigenvalue weighted by molar-refractivity contribution is 6.01. The number of nitrogens with zero attached hydrogens (tertiary/aromatic N) is 1. The standard InChI is InChI=1S/C19H22N2O3/c1-4-16(15-10-11-17(23-2)18(13-15)24-3)20-21-19(22)12-14-8-6-5-7-9-14/h5-11,13H,4,12H2,1-3H3,(H,21,22)/b20-16-. The lowest BCUT2D eigenvalue weighted by molar-refractivity contribution is -0.120. The van der Waals surface area contributed by atoms with Crippen LogP contribution in [0.25, 0.3) is 0 Å². The Morgan fingerprint density at radius 3 is 2.38 bits per heavy atom. The zero-order valence-corrected chi connectivity index (χ0v) is 14.2. The largest absolute Gasteiger partial charge is 0.493 e. The Hall–Kier alpha value is -2.82. The van der Waals surface area contributed by atoms with Crippen molar-refractivity contribution in [1.29, 1.82) is 0 Å². The van der Waals surface area contributed by atoms with Gasteiger partial charge >= 0.3 is 0 Å². The molecule has 0 saturated carbocycles. The number of carbonyl (C=O) groups excluding carboxylic acids is 1. The van der Waals surface area contributed by atoms with E-state index < -0.39 is 0 Å². The smallest absolute Gasteiger partial charge is 0.244 e. The zero-order valence-electron chi connectivity index (χ0n) is 14.2. The number of methoxy groups -OCH3 is 2. The molecule has 126 valence electrons. The van der Waals surface area contributed by atoms with E-state index in [1.54, 1.807) is 14.2 Å². The fourth-order valence-corrected chi connectivity index (χ4v) is 2.31. The van der Waals surface area contributed by atoms with Crippen LogP contribution >= 0.6 is 0 Å². The monoisotopic (exact) mass is 326 g/mol. The summed E-state index contributed by atoms with van der Waals surface area (Å²) in [5.74, 6) is 1.14. The third-order valence-corrected chi connectivity index (χ3v) is 3.57. The molecule has 0 saturated heterocycles. The second kappa shape index (κ2) is 8.72. The molecule has 0 fully saturated rings. The molecule has 0 radical (unpaired) electrons. The minimum absolute atomic E-state index is 0.146. The summed E-state index contributed by atoms with van der Waals surface area (Å²) in [5.41, 5.74) is 5.24. The Balaban J connectivity index is 2.10. The minimum Gasteiger partial charge on any atom is -0.493 e. The second-order valence-electron chi connectivity index (χ2n) is 5.18. The van der Waals surface area contributed by atoms with E-state index >= 15 is 0 Å². The van der Waals surface area contributed by atoms with Gasteiger partial charge in [0.25, 0.3) is 0 Å². The summed E-state index contributed by atoms with van der Waals surface area (Å²) in [7, 11) is 3.18. The van der Waals surface area contributed by atoms with Crippen molar-refractivity contribution in [2.24, 2.45) is 5.10 Å². The van der Waals surface area contributed by atoms with Crippen LogP contribution in [-0.2, 0) is 11.2 Å². The Kier molecular flexibility index (Phi) is 6.37. The first kappa shape index (κ1) is 17.5. The predicted molar refractivity (Wildman–Crippen MR) is 94.7 cm³/mol. The van der Waals surface area contributed by atoms with Crippen molar-refractivity contribution >= 4 is 11.6 Å². The van der Waals surface area contributed by atoms with Crippen molar-refractivity contribution in [1.82, 2.24) is 5.43 Å². The summed E-state index contributed by atoms with van der Waals surface area (Å²) < 4.78 is 10.5. The number of hydrogen-bond acceptors (Lipinski definition) is 4. The van der Waals surface area contributed by atoms with Crippen LogP contribution in [0, 0.1) is 0 Å². The van der Waals surface area contributed by atoms with Gasteiger partial charge in [-0.25, -0.2) is 5.43 Å². The molecule has 0 aliphatic rings. The van der Waals surface area contributed by atoms with Crippen LogP contribution in [0.3, 0.4) is 0 Å². The molecule has 0 spiro atoms. The first-order valence-electron chi connectivity index (χ1n) is 7.79. The van der Waals surface area contributed by atoms with Crippen molar-refractivity contribution in [3.05, 3.63) is 59.7 Å². The number of carbonyl (C=O) groups is 1. The van der Waals surface area contributed by atoms with E-state index in [0.717, 1.165) is 16.8 Å². The number of hydrazone groups is 1. The SMILES string of the molecule is CC/C(=N/NC(=O)Cc1ccccc1)c1ccc(OC)c(OC)c1. The molecule has 1 N–H and O–H groups in total. The topological polar surface area (TPSA) is 59.9 Å². The Morgan fingerprint density at radius 2 is 1.75 bits per heavy atom. The second-order valence-corrected chi connectivity index (χ2v) is 5.18. The van der Waals surface area contributed by atoms with Crippen molar-refractivity contribution in [3.8, 4) is 11.5 Å². The van der Waals surface area contributed by atoms with Gasteiger partial charge in [0.15, 0.2) is 11.5 Å². The van der Waals surface area contributed by atoms with E-state index in [1.807, 2.05) is 55.5 Å². The third kappa shape index (κ3) is 4.59. The number of rotatable bonds is 7. The van der Waals surface area contributed by atoms with E-state index in [9.17, 15) is 4.79 Å². The number of hydrogen-bond donors (Lipinski definition) is 1. The molecule has 5 nitrogen and oxygen atoms in total. The lowest BCUT2D eigenvalue weighted by Gasteiger charge is -2.10. The van der Waals surface area contributed by atoms with Gasteiger partial charge in [0, 0.05) is 5.56 Å².